The summed E-state index contributed by atoms with van der Waals surface area (Å²) in [4.78, 5) is 10.8. The van der Waals surface area contributed by atoms with Crippen molar-refractivity contribution in [3.05, 3.63) is 42.9 Å². The standard InChI is InChI=1S/C17H20N4O/c1-2-14-12-21(10-7-13(1)20-14)15-3-4-17(19-11-15)22-16-5-8-18-9-6-16/h3-6,8-9,11,13-14,20H,1-2,7,10,12H2. The molecule has 0 aromatic carbocycles. The fourth-order valence-corrected chi connectivity index (χ4v) is 3.32. The lowest BCUT2D eigenvalue weighted by molar-refractivity contribution is 0.462. The predicted octanol–water partition coefficient (Wildman–Crippen LogP) is 2.60. The molecule has 2 bridgehead atoms. The topological polar surface area (TPSA) is 50.3 Å². The lowest BCUT2D eigenvalue weighted by Gasteiger charge is -2.26. The Hall–Kier alpha value is -2.14. The molecule has 0 radical (unpaired) electrons. The average molecular weight is 296 g/mol. The van der Waals surface area contributed by atoms with Crippen LogP contribution in [0.5, 0.6) is 11.6 Å². The van der Waals surface area contributed by atoms with E-state index in [2.05, 4.69) is 26.3 Å². The molecule has 4 rings (SSSR count). The second-order valence-corrected chi connectivity index (χ2v) is 6.01. The van der Waals surface area contributed by atoms with Gasteiger partial charge in [0.1, 0.15) is 5.75 Å². The van der Waals surface area contributed by atoms with Gasteiger partial charge in [0.15, 0.2) is 0 Å². The third-order valence-corrected chi connectivity index (χ3v) is 4.48. The van der Waals surface area contributed by atoms with Gasteiger partial charge in [-0.05, 0) is 37.5 Å². The molecular weight excluding hydrogens is 276 g/mol. The average Bonchev–Trinajstić information content (AvgIpc) is 2.89. The molecule has 2 unspecified atom stereocenters. The molecule has 0 saturated carbocycles. The highest BCUT2D eigenvalue weighted by atomic mass is 16.5. The number of aromatic nitrogens is 2. The molecule has 5 nitrogen and oxygen atoms in total. The largest absolute Gasteiger partial charge is 0.439 e. The SMILES string of the molecule is c1cc(Oc2ccc(N3CCC4CCC(C3)N4)cn2)ccn1. The van der Waals surface area contributed by atoms with Crippen LogP contribution in [0.15, 0.2) is 42.9 Å². The minimum Gasteiger partial charge on any atom is -0.439 e. The molecule has 2 aliphatic heterocycles. The smallest absolute Gasteiger partial charge is 0.219 e. The number of anilines is 1. The predicted molar refractivity (Wildman–Crippen MR) is 85.3 cm³/mol. The molecule has 4 heterocycles. The molecule has 0 amide bonds. The Morgan fingerprint density at radius 2 is 1.91 bits per heavy atom. The van der Waals surface area contributed by atoms with E-state index < -0.39 is 0 Å². The van der Waals surface area contributed by atoms with Crippen molar-refractivity contribution in [2.24, 2.45) is 0 Å². The zero-order valence-corrected chi connectivity index (χ0v) is 12.5. The van der Waals surface area contributed by atoms with Crippen molar-refractivity contribution < 1.29 is 4.74 Å². The van der Waals surface area contributed by atoms with Gasteiger partial charge in [0.2, 0.25) is 5.88 Å². The van der Waals surface area contributed by atoms with Gasteiger partial charge in [-0.2, -0.15) is 0 Å². The van der Waals surface area contributed by atoms with Crippen LogP contribution in [0.1, 0.15) is 19.3 Å². The van der Waals surface area contributed by atoms with E-state index in [1.54, 1.807) is 12.4 Å². The summed E-state index contributed by atoms with van der Waals surface area (Å²) in [6.45, 7) is 2.17. The van der Waals surface area contributed by atoms with E-state index in [0.29, 0.717) is 18.0 Å². The summed E-state index contributed by atoms with van der Waals surface area (Å²) in [5, 5.41) is 3.70. The van der Waals surface area contributed by atoms with E-state index >= 15 is 0 Å². The fraction of sp³-hybridized carbons (Fsp3) is 0.412. The van der Waals surface area contributed by atoms with Crippen LogP contribution in [0, 0.1) is 0 Å². The Morgan fingerprint density at radius 3 is 2.73 bits per heavy atom. The fourth-order valence-electron chi connectivity index (χ4n) is 3.32. The van der Waals surface area contributed by atoms with E-state index in [1.807, 2.05) is 24.4 Å². The van der Waals surface area contributed by atoms with Crippen LogP contribution in [0.25, 0.3) is 0 Å². The minimum absolute atomic E-state index is 0.615. The van der Waals surface area contributed by atoms with E-state index in [-0.39, 0.29) is 0 Å². The molecule has 5 heteroatoms. The van der Waals surface area contributed by atoms with Gasteiger partial charge in [-0.15, -0.1) is 0 Å². The quantitative estimate of drug-likeness (QED) is 0.943. The van der Waals surface area contributed by atoms with Gasteiger partial charge in [0, 0.05) is 43.6 Å². The number of hydrogen-bond acceptors (Lipinski definition) is 5. The van der Waals surface area contributed by atoms with Crippen LogP contribution < -0.4 is 15.0 Å². The first-order chi connectivity index (χ1) is 10.9. The van der Waals surface area contributed by atoms with Gasteiger partial charge in [0.25, 0.3) is 0 Å². The Balaban J connectivity index is 1.45. The number of rotatable bonds is 3. The van der Waals surface area contributed by atoms with Crippen molar-refractivity contribution in [1.82, 2.24) is 15.3 Å². The first-order valence-corrected chi connectivity index (χ1v) is 7.92. The maximum absolute atomic E-state index is 5.71. The highest BCUT2D eigenvalue weighted by Crippen LogP contribution is 2.26. The summed E-state index contributed by atoms with van der Waals surface area (Å²) in [7, 11) is 0. The summed E-state index contributed by atoms with van der Waals surface area (Å²) in [5.74, 6) is 1.37. The molecular formula is C17H20N4O. The van der Waals surface area contributed by atoms with Crippen molar-refractivity contribution in [3.8, 4) is 11.6 Å². The lowest BCUT2D eigenvalue weighted by atomic mass is 10.1. The Kier molecular flexibility index (Phi) is 3.64. The van der Waals surface area contributed by atoms with Crippen LogP contribution in [-0.4, -0.2) is 35.1 Å². The first-order valence-electron chi connectivity index (χ1n) is 7.92. The van der Waals surface area contributed by atoms with Gasteiger partial charge in [-0.3, -0.25) is 4.98 Å². The van der Waals surface area contributed by atoms with Gasteiger partial charge < -0.3 is 15.0 Å². The summed E-state index contributed by atoms with van der Waals surface area (Å²) >= 11 is 0. The van der Waals surface area contributed by atoms with Crippen molar-refractivity contribution in [1.29, 1.82) is 0 Å². The first kappa shape index (κ1) is 13.5. The monoisotopic (exact) mass is 296 g/mol. The maximum atomic E-state index is 5.71. The number of fused-ring (bicyclic) bond motifs is 2. The molecule has 2 aromatic rings. The van der Waals surface area contributed by atoms with Crippen LogP contribution in [-0.2, 0) is 0 Å². The van der Waals surface area contributed by atoms with Crippen LogP contribution in [0.4, 0.5) is 5.69 Å². The number of ether oxygens (including phenoxy) is 1. The van der Waals surface area contributed by atoms with Crippen molar-refractivity contribution in [2.45, 2.75) is 31.3 Å². The van der Waals surface area contributed by atoms with Crippen LogP contribution in [0.2, 0.25) is 0 Å². The zero-order chi connectivity index (χ0) is 14.8. The second kappa shape index (κ2) is 5.93. The Morgan fingerprint density at radius 1 is 1.05 bits per heavy atom. The third kappa shape index (κ3) is 2.90. The van der Waals surface area contributed by atoms with Crippen molar-refractivity contribution in [3.63, 3.8) is 0 Å². The normalized spacial score (nSPS) is 24.1. The molecule has 2 aromatic heterocycles. The summed E-state index contributed by atoms with van der Waals surface area (Å²) in [6, 6.07) is 9.02. The second-order valence-electron chi connectivity index (χ2n) is 6.01. The van der Waals surface area contributed by atoms with E-state index in [4.69, 9.17) is 4.74 Å². The van der Waals surface area contributed by atoms with Crippen molar-refractivity contribution in [2.75, 3.05) is 18.0 Å². The maximum Gasteiger partial charge on any atom is 0.219 e. The summed E-state index contributed by atoms with van der Waals surface area (Å²) < 4.78 is 5.71. The molecule has 0 spiro atoms. The van der Waals surface area contributed by atoms with E-state index in [0.717, 1.165) is 18.8 Å². The number of pyridine rings is 2. The Labute approximate surface area is 130 Å². The van der Waals surface area contributed by atoms with Gasteiger partial charge in [0.05, 0.1) is 11.9 Å². The van der Waals surface area contributed by atoms with Crippen LogP contribution in [0.3, 0.4) is 0 Å². The van der Waals surface area contributed by atoms with E-state index in [9.17, 15) is 0 Å². The van der Waals surface area contributed by atoms with Gasteiger partial charge in [-0.25, -0.2) is 4.98 Å². The number of nitrogens with zero attached hydrogens (tertiary/aromatic N) is 3. The lowest BCUT2D eigenvalue weighted by Crippen LogP contribution is -2.35. The highest BCUT2D eigenvalue weighted by Gasteiger charge is 2.29. The molecule has 2 atom stereocenters. The summed E-state index contributed by atoms with van der Waals surface area (Å²) in [5.41, 5.74) is 1.18. The van der Waals surface area contributed by atoms with Crippen LogP contribution >= 0.6 is 0 Å². The number of nitrogens with one attached hydrogen (secondary N) is 1. The molecule has 0 aliphatic carbocycles. The minimum atomic E-state index is 0.615. The van der Waals surface area contributed by atoms with Crippen molar-refractivity contribution >= 4 is 5.69 Å². The molecule has 1 N–H and O–H groups in total. The Bertz CT molecular complexity index is 616. The molecule has 2 saturated heterocycles. The molecule has 22 heavy (non-hydrogen) atoms. The molecule has 2 fully saturated rings. The highest BCUT2D eigenvalue weighted by molar-refractivity contribution is 5.46. The number of hydrogen-bond donors (Lipinski definition) is 1. The zero-order valence-electron chi connectivity index (χ0n) is 12.5. The summed E-state index contributed by atoms with van der Waals surface area (Å²) in [6.07, 6.45) is 9.17. The van der Waals surface area contributed by atoms with Gasteiger partial charge in [-0.1, -0.05) is 0 Å². The third-order valence-electron chi connectivity index (χ3n) is 4.48. The molecule has 114 valence electrons. The van der Waals surface area contributed by atoms with E-state index in [1.165, 1.54) is 24.9 Å². The molecule has 2 aliphatic rings. The van der Waals surface area contributed by atoms with Gasteiger partial charge >= 0.3 is 0 Å².